The van der Waals surface area contributed by atoms with Crippen molar-refractivity contribution in [3.05, 3.63) is 53.8 Å². The van der Waals surface area contributed by atoms with E-state index in [0.29, 0.717) is 11.4 Å². The lowest BCUT2D eigenvalue weighted by Gasteiger charge is -2.16. The Morgan fingerprint density at radius 1 is 1.19 bits per heavy atom. The van der Waals surface area contributed by atoms with Gasteiger partial charge in [0.1, 0.15) is 0 Å². The number of nitrogens with two attached hydrogens (primary N) is 1. The first-order chi connectivity index (χ1) is 9.95. The fourth-order valence-electron chi connectivity index (χ4n) is 1.93. The molecule has 0 fully saturated rings. The fraction of sp³-hybridized carbons (Fsp3) is 0.133. The highest BCUT2D eigenvalue weighted by Gasteiger charge is 2.08. The number of anilines is 2. The molecular weight excluding hydrogens is 273 g/mol. The van der Waals surface area contributed by atoms with Crippen LogP contribution in [0.3, 0.4) is 0 Å². The normalized spacial score (nSPS) is 11.7. The molecule has 2 aromatic rings. The molecule has 0 aliphatic heterocycles. The number of carbonyl (C=O) groups excluding carboxylic acids is 1. The lowest BCUT2D eigenvalue weighted by molar-refractivity contribution is 0.259. The molecule has 1 atom stereocenters. The monoisotopic (exact) mass is 289 g/mol. The Morgan fingerprint density at radius 2 is 1.81 bits per heavy atom. The van der Waals surface area contributed by atoms with E-state index in [4.69, 9.17) is 10.8 Å². The maximum absolute atomic E-state index is 13.3. The van der Waals surface area contributed by atoms with Crippen molar-refractivity contribution in [3.63, 3.8) is 0 Å². The molecule has 0 aromatic heterocycles. The van der Waals surface area contributed by atoms with Gasteiger partial charge < -0.3 is 21.5 Å². The summed E-state index contributed by atoms with van der Waals surface area (Å²) in [7, 11) is 0. The fourth-order valence-corrected chi connectivity index (χ4v) is 1.93. The highest BCUT2D eigenvalue weighted by molar-refractivity contribution is 5.87. The van der Waals surface area contributed by atoms with Crippen LogP contribution in [-0.4, -0.2) is 11.1 Å². The number of urea groups is 1. The van der Waals surface area contributed by atoms with Gasteiger partial charge in [0.15, 0.2) is 11.6 Å². The zero-order chi connectivity index (χ0) is 15.4. The Bertz CT molecular complexity index is 644. The van der Waals surface area contributed by atoms with Crippen LogP contribution in [0.4, 0.5) is 20.6 Å². The van der Waals surface area contributed by atoms with Crippen LogP contribution in [0.1, 0.15) is 18.5 Å². The number of hydrogen-bond donors (Lipinski definition) is 4. The summed E-state index contributed by atoms with van der Waals surface area (Å²) >= 11 is 0. The average Bonchev–Trinajstić information content (AvgIpc) is 2.43. The maximum atomic E-state index is 13.3. The van der Waals surface area contributed by atoms with Gasteiger partial charge in [0.25, 0.3) is 0 Å². The van der Waals surface area contributed by atoms with Crippen LogP contribution in [0.5, 0.6) is 5.75 Å². The van der Waals surface area contributed by atoms with E-state index in [1.54, 1.807) is 18.2 Å². The summed E-state index contributed by atoms with van der Waals surface area (Å²) in [6, 6.07) is 10.6. The largest absolute Gasteiger partial charge is 0.505 e. The van der Waals surface area contributed by atoms with Crippen LogP contribution in [0.2, 0.25) is 0 Å². The Morgan fingerprint density at radius 3 is 2.38 bits per heavy atom. The number of amides is 2. The van der Waals surface area contributed by atoms with E-state index >= 15 is 0 Å². The minimum atomic E-state index is -0.673. The molecule has 21 heavy (non-hydrogen) atoms. The van der Waals surface area contributed by atoms with Crippen LogP contribution in [0.25, 0.3) is 0 Å². The van der Waals surface area contributed by atoms with Gasteiger partial charge in [-0.25, -0.2) is 9.18 Å². The number of phenols is 1. The molecule has 2 amide bonds. The van der Waals surface area contributed by atoms with Crippen molar-refractivity contribution in [2.75, 3.05) is 10.6 Å². The molecule has 0 saturated heterocycles. The second kappa shape index (κ2) is 6.13. The Hall–Kier alpha value is -2.76. The molecular formula is C15H16FN3O2. The summed E-state index contributed by atoms with van der Waals surface area (Å²) in [5.41, 5.74) is 7.16. The second-order valence-corrected chi connectivity index (χ2v) is 4.64. The minimum Gasteiger partial charge on any atom is -0.505 e. The van der Waals surface area contributed by atoms with E-state index in [9.17, 15) is 9.18 Å². The SMILES string of the molecule is CC(Nc1ccc(O)c(F)c1)c1ccc(NC(N)=O)cc1. The van der Waals surface area contributed by atoms with Gasteiger partial charge in [-0.15, -0.1) is 0 Å². The molecule has 0 aliphatic rings. The van der Waals surface area contributed by atoms with Crippen molar-refractivity contribution in [3.8, 4) is 5.75 Å². The minimum absolute atomic E-state index is 0.0726. The number of benzene rings is 2. The van der Waals surface area contributed by atoms with Crippen molar-refractivity contribution >= 4 is 17.4 Å². The first-order valence-electron chi connectivity index (χ1n) is 6.37. The van der Waals surface area contributed by atoms with Crippen LogP contribution in [0.15, 0.2) is 42.5 Å². The summed E-state index contributed by atoms with van der Waals surface area (Å²) in [5.74, 6) is -1.05. The molecule has 1 unspecified atom stereocenters. The topological polar surface area (TPSA) is 87.4 Å². The third-order valence-corrected chi connectivity index (χ3v) is 3.01. The smallest absolute Gasteiger partial charge is 0.316 e. The number of carbonyl (C=O) groups is 1. The molecule has 5 nitrogen and oxygen atoms in total. The molecule has 6 heteroatoms. The highest BCUT2D eigenvalue weighted by Crippen LogP contribution is 2.24. The van der Waals surface area contributed by atoms with E-state index in [1.165, 1.54) is 12.1 Å². The number of aromatic hydroxyl groups is 1. The molecule has 110 valence electrons. The molecule has 0 radical (unpaired) electrons. The maximum Gasteiger partial charge on any atom is 0.316 e. The van der Waals surface area contributed by atoms with Gasteiger partial charge in [-0.1, -0.05) is 12.1 Å². The van der Waals surface area contributed by atoms with Crippen molar-refractivity contribution < 1.29 is 14.3 Å². The van der Waals surface area contributed by atoms with E-state index in [2.05, 4.69) is 10.6 Å². The highest BCUT2D eigenvalue weighted by atomic mass is 19.1. The van der Waals surface area contributed by atoms with Gasteiger partial charge in [0, 0.05) is 23.5 Å². The Kier molecular flexibility index (Phi) is 4.27. The number of phenolic OH excluding ortho intramolecular Hbond substituents is 1. The van der Waals surface area contributed by atoms with Crippen LogP contribution >= 0.6 is 0 Å². The Labute approximate surface area is 121 Å². The van der Waals surface area contributed by atoms with Gasteiger partial charge in [0.05, 0.1) is 0 Å². The standard InChI is InChI=1S/C15H16FN3O2/c1-9(18-12-6-7-14(20)13(16)8-12)10-2-4-11(5-3-10)19-15(17)21/h2-9,18,20H,1H3,(H3,17,19,21). The third kappa shape index (κ3) is 3.85. The first kappa shape index (κ1) is 14.6. The van der Waals surface area contributed by atoms with Crippen molar-refractivity contribution in [1.82, 2.24) is 0 Å². The van der Waals surface area contributed by atoms with E-state index < -0.39 is 11.8 Å². The summed E-state index contributed by atoms with van der Waals surface area (Å²) in [4.78, 5) is 10.7. The van der Waals surface area contributed by atoms with Crippen LogP contribution in [0, 0.1) is 5.82 Å². The average molecular weight is 289 g/mol. The number of halogens is 1. The zero-order valence-corrected chi connectivity index (χ0v) is 11.4. The number of primary amides is 1. The van der Waals surface area contributed by atoms with E-state index in [-0.39, 0.29) is 11.8 Å². The second-order valence-electron chi connectivity index (χ2n) is 4.64. The van der Waals surface area contributed by atoms with Crippen LogP contribution in [-0.2, 0) is 0 Å². The molecule has 0 bridgehead atoms. The predicted octanol–water partition coefficient (Wildman–Crippen LogP) is 3.19. The van der Waals surface area contributed by atoms with Crippen molar-refractivity contribution in [2.24, 2.45) is 5.73 Å². The summed E-state index contributed by atoms with van der Waals surface area (Å²) < 4.78 is 13.3. The lowest BCUT2D eigenvalue weighted by Crippen LogP contribution is -2.19. The Balaban J connectivity index is 2.07. The first-order valence-corrected chi connectivity index (χ1v) is 6.37. The van der Waals surface area contributed by atoms with Gasteiger partial charge in [-0.05, 0) is 36.8 Å². The van der Waals surface area contributed by atoms with Crippen LogP contribution < -0.4 is 16.4 Å². The quantitative estimate of drug-likeness (QED) is 0.652. The molecule has 2 aromatic carbocycles. The molecule has 5 N–H and O–H groups in total. The zero-order valence-electron chi connectivity index (χ0n) is 11.4. The molecule has 0 heterocycles. The molecule has 0 spiro atoms. The summed E-state index contributed by atoms with van der Waals surface area (Å²) in [6.07, 6.45) is 0. The number of nitrogens with one attached hydrogen (secondary N) is 2. The van der Waals surface area contributed by atoms with Crippen molar-refractivity contribution in [1.29, 1.82) is 0 Å². The van der Waals surface area contributed by atoms with Gasteiger partial charge >= 0.3 is 6.03 Å². The molecule has 0 saturated carbocycles. The van der Waals surface area contributed by atoms with E-state index in [1.807, 2.05) is 19.1 Å². The van der Waals surface area contributed by atoms with Gasteiger partial charge in [-0.3, -0.25) is 0 Å². The van der Waals surface area contributed by atoms with E-state index in [0.717, 1.165) is 5.56 Å². The summed E-state index contributed by atoms with van der Waals surface area (Å²) in [6.45, 7) is 1.92. The summed E-state index contributed by atoms with van der Waals surface area (Å²) in [5, 5.41) is 14.7. The van der Waals surface area contributed by atoms with Gasteiger partial charge in [-0.2, -0.15) is 0 Å². The third-order valence-electron chi connectivity index (χ3n) is 3.01. The number of rotatable bonds is 4. The number of hydrogen-bond acceptors (Lipinski definition) is 3. The van der Waals surface area contributed by atoms with Crippen molar-refractivity contribution in [2.45, 2.75) is 13.0 Å². The predicted molar refractivity (Wildman–Crippen MR) is 79.8 cm³/mol. The molecule has 0 aliphatic carbocycles. The molecule has 2 rings (SSSR count). The lowest BCUT2D eigenvalue weighted by atomic mass is 10.1. The van der Waals surface area contributed by atoms with Gasteiger partial charge in [0.2, 0.25) is 0 Å².